The third-order valence-electron chi connectivity index (χ3n) is 3.55. The zero-order valence-corrected chi connectivity index (χ0v) is 9.38. The number of hydrogen-bond donors (Lipinski definition) is 1. The van der Waals surface area contributed by atoms with Crippen molar-refractivity contribution >= 4 is 0 Å². The van der Waals surface area contributed by atoms with E-state index in [0.29, 0.717) is 11.6 Å². The van der Waals surface area contributed by atoms with Gasteiger partial charge in [-0.3, -0.25) is 4.90 Å². The molecule has 0 aromatic carbocycles. The van der Waals surface area contributed by atoms with Crippen molar-refractivity contribution in [3.05, 3.63) is 0 Å². The summed E-state index contributed by atoms with van der Waals surface area (Å²) in [6.45, 7) is 10.0. The van der Waals surface area contributed by atoms with Crippen LogP contribution in [0.4, 0.5) is 0 Å². The molecule has 2 unspecified atom stereocenters. The third kappa shape index (κ3) is 2.10. The van der Waals surface area contributed by atoms with E-state index in [2.05, 4.69) is 24.1 Å². The molecule has 3 nitrogen and oxygen atoms in total. The van der Waals surface area contributed by atoms with Crippen molar-refractivity contribution in [2.75, 3.05) is 32.8 Å². The van der Waals surface area contributed by atoms with Crippen LogP contribution in [0.25, 0.3) is 0 Å². The molecule has 14 heavy (non-hydrogen) atoms. The lowest BCUT2D eigenvalue weighted by Gasteiger charge is -2.37. The first-order valence-corrected chi connectivity index (χ1v) is 5.77. The van der Waals surface area contributed by atoms with Crippen LogP contribution in [0, 0.1) is 0 Å². The maximum atomic E-state index is 5.53. The average molecular weight is 198 g/mol. The van der Waals surface area contributed by atoms with Crippen LogP contribution in [0.5, 0.6) is 0 Å². The van der Waals surface area contributed by atoms with Crippen LogP contribution in [-0.4, -0.2) is 49.3 Å². The maximum Gasteiger partial charge on any atom is 0.0648 e. The van der Waals surface area contributed by atoms with Crippen LogP contribution in [0.1, 0.15) is 26.7 Å². The smallest absolute Gasteiger partial charge is 0.0648 e. The molecule has 2 saturated heterocycles. The summed E-state index contributed by atoms with van der Waals surface area (Å²) in [4.78, 5) is 2.62. The molecule has 0 aromatic rings. The van der Waals surface area contributed by atoms with Gasteiger partial charge < -0.3 is 10.1 Å². The van der Waals surface area contributed by atoms with E-state index in [-0.39, 0.29) is 0 Å². The molecule has 0 aromatic heterocycles. The van der Waals surface area contributed by atoms with Crippen LogP contribution in [-0.2, 0) is 4.74 Å². The number of rotatable bonds is 1. The Bertz CT molecular complexity index is 190. The lowest BCUT2D eigenvalue weighted by Crippen LogP contribution is -2.50. The van der Waals surface area contributed by atoms with Gasteiger partial charge in [-0.1, -0.05) is 0 Å². The summed E-state index contributed by atoms with van der Waals surface area (Å²) < 4.78 is 5.53. The number of nitrogens with zero attached hydrogens (tertiary/aromatic N) is 1. The van der Waals surface area contributed by atoms with E-state index in [1.54, 1.807) is 0 Å². The first-order chi connectivity index (χ1) is 6.71. The highest BCUT2D eigenvalue weighted by molar-refractivity contribution is 4.92. The van der Waals surface area contributed by atoms with E-state index in [1.165, 1.54) is 25.9 Å². The molecule has 2 aliphatic heterocycles. The molecule has 0 radical (unpaired) electrons. The Kier molecular flexibility index (Phi) is 3.10. The average Bonchev–Trinajstić information content (AvgIpc) is 2.47. The molecule has 0 spiro atoms. The normalized spacial score (nSPS) is 41.1. The minimum absolute atomic E-state index is 0.306. The summed E-state index contributed by atoms with van der Waals surface area (Å²) in [5.74, 6) is 0. The van der Waals surface area contributed by atoms with Crippen molar-refractivity contribution in [3.8, 4) is 0 Å². The molecule has 0 aliphatic carbocycles. The van der Waals surface area contributed by atoms with Crippen molar-refractivity contribution in [1.82, 2.24) is 10.2 Å². The lowest BCUT2D eigenvalue weighted by atomic mass is 9.98. The monoisotopic (exact) mass is 198 g/mol. The zero-order valence-electron chi connectivity index (χ0n) is 9.38. The quantitative estimate of drug-likeness (QED) is 0.676. The number of nitrogens with one attached hydrogen (secondary N) is 1. The van der Waals surface area contributed by atoms with Gasteiger partial charge in [0.25, 0.3) is 0 Å². The van der Waals surface area contributed by atoms with E-state index >= 15 is 0 Å². The zero-order chi connectivity index (χ0) is 10.0. The van der Waals surface area contributed by atoms with Gasteiger partial charge in [0.2, 0.25) is 0 Å². The second-order valence-corrected chi connectivity index (χ2v) is 4.95. The first-order valence-electron chi connectivity index (χ1n) is 5.77. The molecule has 82 valence electrons. The Morgan fingerprint density at radius 3 is 3.07 bits per heavy atom. The van der Waals surface area contributed by atoms with Crippen molar-refractivity contribution in [3.63, 3.8) is 0 Å². The highest BCUT2D eigenvalue weighted by Crippen LogP contribution is 2.26. The van der Waals surface area contributed by atoms with Crippen molar-refractivity contribution in [2.24, 2.45) is 0 Å². The van der Waals surface area contributed by atoms with Gasteiger partial charge >= 0.3 is 0 Å². The summed E-state index contributed by atoms with van der Waals surface area (Å²) in [5.41, 5.74) is 0.306. The molecule has 2 rings (SSSR count). The van der Waals surface area contributed by atoms with Gasteiger partial charge in [0.05, 0.1) is 6.61 Å². The predicted molar refractivity (Wildman–Crippen MR) is 57.5 cm³/mol. The van der Waals surface area contributed by atoms with Crippen LogP contribution in [0.3, 0.4) is 0 Å². The molecule has 0 bridgehead atoms. The van der Waals surface area contributed by atoms with E-state index in [0.717, 1.165) is 19.8 Å². The van der Waals surface area contributed by atoms with Crippen LogP contribution >= 0.6 is 0 Å². The van der Waals surface area contributed by atoms with Gasteiger partial charge in [0.1, 0.15) is 0 Å². The lowest BCUT2D eigenvalue weighted by molar-refractivity contribution is 0.0792. The predicted octanol–water partition coefficient (Wildman–Crippen LogP) is 0.849. The molecule has 0 saturated carbocycles. The summed E-state index contributed by atoms with van der Waals surface area (Å²) in [5, 5.41) is 3.53. The van der Waals surface area contributed by atoms with E-state index in [9.17, 15) is 0 Å². The minimum atomic E-state index is 0.306. The molecule has 2 atom stereocenters. The third-order valence-corrected chi connectivity index (χ3v) is 3.55. The largest absolute Gasteiger partial charge is 0.379 e. The molecule has 3 heteroatoms. The molecular weight excluding hydrogens is 176 g/mol. The molecule has 1 N–H and O–H groups in total. The van der Waals surface area contributed by atoms with Gasteiger partial charge in [0, 0.05) is 31.3 Å². The Morgan fingerprint density at radius 1 is 1.50 bits per heavy atom. The fourth-order valence-electron chi connectivity index (χ4n) is 2.50. The van der Waals surface area contributed by atoms with Gasteiger partial charge in [-0.2, -0.15) is 0 Å². The van der Waals surface area contributed by atoms with Crippen molar-refractivity contribution in [1.29, 1.82) is 0 Å². The fraction of sp³-hybridized carbons (Fsp3) is 1.00. The number of ether oxygens (including phenoxy) is 1. The molecule has 2 heterocycles. The topological polar surface area (TPSA) is 24.5 Å². The second kappa shape index (κ2) is 4.17. The number of hydrogen-bond acceptors (Lipinski definition) is 3. The molecular formula is C11H22N2O. The van der Waals surface area contributed by atoms with Crippen LogP contribution < -0.4 is 5.32 Å². The minimum Gasteiger partial charge on any atom is -0.379 e. The summed E-state index contributed by atoms with van der Waals surface area (Å²) in [7, 11) is 0. The Morgan fingerprint density at radius 2 is 2.36 bits per heavy atom. The van der Waals surface area contributed by atoms with Gasteiger partial charge in [0.15, 0.2) is 0 Å². The SMILES string of the molecule is CC1CN(C2(C)CCOC2)CCCN1. The second-order valence-electron chi connectivity index (χ2n) is 4.95. The van der Waals surface area contributed by atoms with Crippen LogP contribution in [0.15, 0.2) is 0 Å². The molecule has 2 fully saturated rings. The Hall–Kier alpha value is -0.120. The molecule has 2 aliphatic rings. The first kappa shape index (κ1) is 10.4. The van der Waals surface area contributed by atoms with Gasteiger partial charge in [-0.25, -0.2) is 0 Å². The Labute approximate surface area is 86.8 Å². The van der Waals surface area contributed by atoms with Crippen molar-refractivity contribution in [2.45, 2.75) is 38.3 Å². The standard InChI is InChI=1S/C11H22N2O/c1-10-8-13(6-3-5-12-10)11(2)4-7-14-9-11/h10,12H,3-9H2,1-2H3. The fourth-order valence-corrected chi connectivity index (χ4v) is 2.50. The van der Waals surface area contributed by atoms with E-state index < -0.39 is 0 Å². The van der Waals surface area contributed by atoms with Gasteiger partial charge in [-0.05, 0) is 33.2 Å². The van der Waals surface area contributed by atoms with Crippen LogP contribution in [0.2, 0.25) is 0 Å². The highest BCUT2D eigenvalue weighted by atomic mass is 16.5. The maximum absolute atomic E-state index is 5.53. The summed E-state index contributed by atoms with van der Waals surface area (Å²) in [6.07, 6.45) is 2.46. The Balaban J connectivity index is 2.00. The van der Waals surface area contributed by atoms with Gasteiger partial charge in [-0.15, -0.1) is 0 Å². The summed E-state index contributed by atoms with van der Waals surface area (Å²) >= 11 is 0. The van der Waals surface area contributed by atoms with E-state index in [1.807, 2.05) is 0 Å². The summed E-state index contributed by atoms with van der Waals surface area (Å²) in [6, 6.07) is 0.620. The van der Waals surface area contributed by atoms with Crippen molar-refractivity contribution < 1.29 is 4.74 Å². The molecule has 0 amide bonds. The highest BCUT2D eigenvalue weighted by Gasteiger charge is 2.36. The van der Waals surface area contributed by atoms with E-state index in [4.69, 9.17) is 4.74 Å².